The van der Waals surface area contributed by atoms with Gasteiger partial charge in [0.2, 0.25) is 0 Å². The number of aromatic nitrogens is 1. The molecule has 0 atom stereocenters. The number of carbonyl (C=O) groups is 1. The number of benzene rings is 2. The normalized spacial score (nSPS) is 11.0. The van der Waals surface area contributed by atoms with Crippen molar-refractivity contribution < 1.29 is 9.53 Å². The predicted octanol–water partition coefficient (Wildman–Crippen LogP) is 5.36. The Labute approximate surface area is 153 Å². The fraction of sp³-hybridized carbons (Fsp3) is 0.0526. The highest BCUT2D eigenvalue weighted by Gasteiger charge is 2.14. The van der Waals surface area contributed by atoms with Crippen molar-refractivity contribution in [2.24, 2.45) is 0 Å². The highest BCUT2D eigenvalue weighted by Crippen LogP contribution is 2.35. The number of rotatable bonds is 3. The van der Waals surface area contributed by atoms with Gasteiger partial charge in [-0.3, -0.25) is 4.79 Å². The lowest BCUT2D eigenvalue weighted by molar-refractivity contribution is 0.103. The van der Waals surface area contributed by atoms with Gasteiger partial charge in [0, 0.05) is 16.5 Å². The van der Waals surface area contributed by atoms with Crippen LogP contribution in [0.5, 0.6) is 5.75 Å². The molecule has 0 unspecified atom stereocenters. The molecular weight excluding hydrogens is 356 g/mol. The number of fused-ring (bicyclic) bond motifs is 2. The minimum atomic E-state index is -0.151. The number of nitrogens with zero attached hydrogens (tertiary/aromatic N) is 1. The second-order valence-electron chi connectivity index (χ2n) is 5.47. The first-order chi connectivity index (χ1) is 12.2. The van der Waals surface area contributed by atoms with Crippen LogP contribution in [-0.4, -0.2) is 18.0 Å². The molecule has 25 heavy (non-hydrogen) atoms. The van der Waals surface area contributed by atoms with Gasteiger partial charge < -0.3 is 10.1 Å². The van der Waals surface area contributed by atoms with Crippen LogP contribution in [-0.2, 0) is 0 Å². The van der Waals surface area contributed by atoms with E-state index in [1.807, 2.05) is 54.6 Å². The number of hydrogen-bond donors (Lipinski definition) is 1. The molecular formula is C19H13ClN2O2S. The van der Waals surface area contributed by atoms with Crippen molar-refractivity contribution in [3.8, 4) is 5.75 Å². The lowest BCUT2D eigenvalue weighted by atomic mass is 10.2. The van der Waals surface area contributed by atoms with Crippen LogP contribution in [0, 0.1) is 0 Å². The van der Waals surface area contributed by atoms with E-state index >= 15 is 0 Å². The summed E-state index contributed by atoms with van der Waals surface area (Å²) in [5.74, 6) is 0.432. The smallest absolute Gasteiger partial charge is 0.265 e. The molecule has 1 N–H and O–H groups in total. The van der Waals surface area contributed by atoms with Crippen molar-refractivity contribution in [1.29, 1.82) is 0 Å². The number of halogens is 1. The van der Waals surface area contributed by atoms with Gasteiger partial charge in [-0.05, 0) is 36.4 Å². The molecule has 0 bridgehead atoms. The van der Waals surface area contributed by atoms with E-state index in [0.29, 0.717) is 21.2 Å². The van der Waals surface area contributed by atoms with E-state index in [9.17, 15) is 4.79 Å². The Morgan fingerprint density at radius 1 is 1.12 bits per heavy atom. The van der Waals surface area contributed by atoms with Crippen LogP contribution in [0.15, 0.2) is 54.6 Å². The highest BCUT2D eigenvalue weighted by molar-refractivity contribution is 7.20. The zero-order valence-corrected chi connectivity index (χ0v) is 14.8. The Hall–Kier alpha value is -2.63. The number of pyridine rings is 1. The topological polar surface area (TPSA) is 51.2 Å². The maximum absolute atomic E-state index is 12.5. The van der Waals surface area contributed by atoms with Gasteiger partial charge in [-0.2, -0.15) is 0 Å². The fourth-order valence-electron chi connectivity index (χ4n) is 2.63. The van der Waals surface area contributed by atoms with Gasteiger partial charge >= 0.3 is 0 Å². The Morgan fingerprint density at radius 2 is 1.92 bits per heavy atom. The zero-order chi connectivity index (χ0) is 17.4. The van der Waals surface area contributed by atoms with Crippen molar-refractivity contribution in [2.75, 3.05) is 12.4 Å². The summed E-state index contributed by atoms with van der Waals surface area (Å²) in [6.07, 6.45) is 0. The number of methoxy groups -OCH3 is 1. The maximum atomic E-state index is 12.5. The molecule has 4 nitrogen and oxygen atoms in total. The van der Waals surface area contributed by atoms with E-state index in [4.69, 9.17) is 16.3 Å². The summed E-state index contributed by atoms with van der Waals surface area (Å²) < 4.78 is 5.24. The number of nitrogens with one attached hydrogen (secondary N) is 1. The molecule has 0 fully saturated rings. The molecule has 4 rings (SSSR count). The van der Waals surface area contributed by atoms with Crippen molar-refractivity contribution >= 4 is 55.7 Å². The third kappa shape index (κ3) is 2.92. The molecule has 0 saturated carbocycles. The summed E-state index contributed by atoms with van der Waals surface area (Å²) in [4.78, 5) is 18.5. The van der Waals surface area contributed by atoms with E-state index in [0.717, 1.165) is 21.3 Å². The van der Waals surface area contributed by atoms with Crippen molar-refractivity contribution in [1.82, 2.24) is 4.98 Å². The summed E-state index contributed by atoms with van der Waals surface area (Å²) in [5.41, 5.74) is 1.43. The molecule has 2 heterocycles. The SMILES string of the molecule is COc1ccc2cc3cc(C(=O)Nc4ccccc4)sc3nc2c1Cl. The molecule has 2 aromatic heterocycles. The van der Waals surface area contributed by atoms with Crippen molar-refractivity contribution in [3.05, 3.63) is 64.5 Å². The number of carbonyl (C=O) groups excluding carboxylic acids is 1. The van der Waals surface area contributed by atoms with Gasteiger partial charge in [0.15, 0.2) is 0 Å². The first-order valence-corrected chi connectivity index (χ1v) is 8.78. The minimum Gasteiger partial charge on any atom is -0.495 e. The molecule has 0 aliphatic rings. The van der Waals surface area contributed by atoms with Crippen LogP contribution in [0.1, 0.15) is 9.67 Å². The molecule has 2 aromatic carbocycles. The van der Waals surface area contributed by atoms with Crippen LogP contribution in [0.2, 0.25) is 5.02 Å². The summed E-state index contributed by atoms with van der Waals surface area (Å²) in [6.45, 7) is 0. The first kappa shape index (κ1) is 15.9. The number of ether oxygens (including phenoxy) is 1. The summed E-state index contributed by atoms with van der Waals surface area (Å²) in [6, 6.07) is 16.9. The molecule has 0 radical (unpaired) electrons. The Morgan fingerprint density at radius 3 is 2.68 bits per heavy atom. The van der Waals surface area contributed by atoms with Gasteiger partial charge in [0.25, 0.3) is 5.91 Å². The van der Waals surface area contributed by atoms with E-state index in [1.165, 1.54) is 11.3 Å². The van der Waals surface area contributed by atoms with Gasteiger partial charge in [-0.25, -0.2) is 4.98 Å². The van der Waals surface area contributed by atoms with Crippen molar-refractivity contribution in [3.63, 3.8) is 0 Å². The van der Waals surface area contributed by atoms with Gasteiger partial charge in [-0.15, -0.1) is 11.3 Å². The van der Waals surface area contributed by atoms with E-state index in [2.05, 4.69) is 10.3 Å². The minimum absolute atomic E-state index is 0.151. The quantitative estimate of drug-likeness (QED) is 0.529. The molecule has 0 saturated heterocycles. The largest absolute Gasteiger partial charge is 0.495 e. The third-order valence-electron chi connectivity index (χ3n) is 3.85. The standard InChI is InChI=1S/C19H13ClN2O2S/c1-24-14-8-7-11-9-12-10-15(25-19(12)22-17(11)16(14)20)18(23)21-13-5-3-2-4-6-13/h2-10H,1H3,(H,21,23). The van der Waals surface area contributed by atoms with E-state index in [1.54, 1.807) is 7.11 Å². The lowest BCUT2D eigenvalue weighted by Crippen LogP contribution is -2.09. The lowest BCUT2D eigenvalue weighted by Gasteiger charge is -2.05. The van der Waals surface area contributed by atoms with Crippen LogP contribution in [0.25, 0.3) is 21.1 Å². The second kappa shape index (κ2) is 6.35. The van der Waals surface area contributed by atoms with E-state index < -0.39 is 0 Å². The number of para-hydroxylation sites is 1. The number of amides is 1. The van der Waals surface area contributed by atoms with Gasteiger partial charge in [-0.1, -0.05) is 29.8 Å². The third-order valence-corrected chi connectivity index (χ3v) is 5.26. The fourth-order valence-corrected chi connectivity index (χ4v) is 3.83. The molecule has 0 spiro atoms. The van der Waals surface area contributed by atoms with Crippen LogP contribution < -0.4 is 10.1 Å². The van der Waals surface area contributed by atoms with Crippen LogP contribution >= 0.6 is 22.9 Å². The Balaban J connectivity index is 1.75. The summed E-state index contributed by atoms with van der Waals surface area (Å²) >= 11 is 7.70. The molecule has 0 aliphatic heterocycles. The number of thiophene rings is 1. The Bertz CT molecular complexity index is 1090. The summed E-state index contributed by atoms with van der Waals surface area (Å²) in [7, 11) is 1.57. The zero-order valence-electron chi connectivity index (χ0n) is 13.2. The summed E-state index contributed by atoms with van der Waals surface area (Å²) in [5, 5.41) is 5.19. The molecule has 6 heteroatoms. The molecule has 0 aliphatic carbocycles. The first-order valence-electron chi connectivity index (χ1n) is 7.59. The Kier molecular flexibility index (Phi) is 4.03. The van der Waals surface area contributed by atoms with Gasteiger partial charge in [0.05, 0.1) is 17.5 Å². The number of anilines is 1. The van der Waals surface area contributed by atoms with Crippen LogP contribution in [0.4, 0.5) is 5.69 Å². The molecule has 4 aromatic rings. The maximum Gasteiger partial charge on any atom is 0.265 e. The predicted molar refractivity (Wildman–Crippen MR) is 103 cm³/mol. The highest BCUT2D eigenvalue weighted by atomic mass is 35.5. The average Bonchev–Trinajstić information content (AvgIpc) is 3.05. The van der Waals surface area contributed by atoms with E-state index in [-0.39, 0.29) is 5.91 Å². The second-order valence-corrected chi connectivity index (χ2v) is 6.88. The van der Waals surface area contributed by atoms with Crippen LogP contribution in [0.3, 0.4) is 0 Å². The molecule has 1 amide bonds. The van der Waals surface area contributed by atoms with Crippen molar-refractivity contribution in [2.45, 2.75) is 0 Å². The molecule has 124 valence electrons. The van der Waals surface area contributed by atoms with Gasteiger partial charge in [0.1, 0.15) is 15.6 Å². The average molecular weight is 369 g/mol. The monoisotopic (exact) mass is 368 g/mol. The number of hydrogen-bond acceptors (Lipinski definition) is 4.